The minimum absolute atomic E-state index is 0.228. The van der Waals surface area contributed by atoms with Crippen LogP contribution in [0.2, 0.25) is 0 Å². The summed E-state index contributed by atoms with van der Waals surface area (Å²) in [5.74, 6) is 2.42. The number of carbonyl (C=O) groups excluding carboxylic acids is 2. The summed E-state index contributed by atoms with van der Waals surface area (Å²) in [5.41, 5.74) is 4.50. The average molecular weight is 659 g/mol. The number of nitrogens with one attached hydrogen (secondary N) is 3. The standard InChI is InChI=1S/C35H38N12O2/c48-31-16-17-46(35(49)40-31)26-12-10-24(11-13-26)23-44-18-20-45(21-19-44)30-15-14-29(42-43-30)39-33-36-22-28-32(41-33)47(27-8-4-5-9-27)34(38-28)37-25-6-2-1-3-7-25/h1-3,6-7,10-15,22,27H,4-5,8-9,16-21,23H2,(H,37,38)(H,40,48,49)(H,36,39,41,42). The van der Waals surface area contributed by atoms with Gasteiger partial charge in [0.15, 0.2) is 17.3 Å². The van der Waals surface area contributed by atoms with Crippen LogP contribution < -0.4 is 25.8 Å². The number of imidazole rings is 1. The molecule has 0 radical (unpaired) electrons. The van der Waals surface area contributed by atoms with Crippen LogP contribution in [0.25, 0.3) is 11.2 Å². The summed E-state index contributed by atoms with van der Waals surface area (Å²) >= 11 is 0. The van der Waals surface area contributed by atoms with Crippen LogP contribution in [0.5, 0.6) is 0 Å². The lowest BCUT2D eigenvalue weighted by atomic mass is 10.1. The number of amides is 3. The number of urea groups is 1. The number of para-hydroxylation sites is 1. The zero-order valence-corrected chi connectivity index (χ0v) is 27.1. The third-order valence-electron chi connectivity index (χ3n) is 9.45. The Morgan fingerprint density at radius 3 is 2.35 bits per heavy atom. The first-order chi connectivity index (χ1) is 24.1. The van der Waals surface area contributed by atoms with Crippen LogP contribution in [-0.4, -0.2) is 79.3 Å². The van der Waals surface area contributed by atoms with E-state index in [-0.39, 0.29) is 11.9 Å². The molecule has 2 aliphatic heterocycles. The Labute approximate surface area is 283 Å². The zero-order valence-electron chi connectivity index (χ0n) is 27.1. The van der Waals surface area contributed by atoms with Crippen LogP contribution in [0.3, 0.4) is 0 Å². The number of anilines is 6. The van der Waals surface area contributed by atoms with E-state index in [9.17, 15) is 9.59 Å². The van der Waals surface area contributed by atoms with Crippen LogP contribution in [-0.2, 0) is 11.3 Å². The van der Waals surface area contributed by atoms with Crippen LogP contribution in [0, 0.1) is 0 Å². The molecule has 0 unspecified atom stereocenters. The van der Waals surface area contributed by atoms with E-state index in [2.05, 4.69) is 45.5 Å². The van der Waals surface area contributed by atoms with Gasteiger partial charge in [0.1, 0.15) is 5.52 Å². The van der Waals surface area contributed by atoms with Crippen molar-refractivity contribution in [2.24, 2.45) is 0 Å². The van der Waals surface area contributed by atoms with E-state index in [1.54, 1.807) is 11.1 Å². The summed E-state index contributed by atoms with van der Waals surface area (Å²) in [6, 6.07) is 21.9. The lowest BCUT2D eigenvalue weighted by Crippen LogP contribution is -2.49. The molecule has 3 aromatic heterocycles. The molecule has 1 saturated carbocycles. The van der Waals surface area contributed by atoms with Crippen molar-refractivity contribution in [3.05, 3.63) is 78.5 Å². The molecule has 5 heterocycles. The Morgan fingerprint density at radius 2 is 1.61 bits per heavy atom. The fraction of sp³-hybridized carbons (Fsp3) is 0.343. The third kappa shape index (κ3) is 6.72. The molecule has 14 nitrogen and oxygen atoms in total. The van der Waals surface area contributed by atoms with E-state index in [0.29, 0.717) is 30.8 Å². The first-order valence-corrected chi connectivity index (χ1v) is 16.9. The number of fused-ring (bicyclic) bond motifs is 1. The Bertz CT molecular complexity index is 1930. The highest BCUT2D eigenvalue weighted by Crippen LogP contribution is 2.36. The van der Waals surface area contributed by atoms with E-state index in [0.717, 1.165) is 79.9 Å². The zero-order chi connectivity index (χ0) is 33.2. The predicted octanol–water partition coefficient (Wildman–Crippen LogP) is 4.99. The fourth-order valence-corrected chi connectivity index (χ4v) is 6.86. The van der Waals surface area contributed by atoms with Gasteiger partial charge in [0, 0.05) is 63.1 Å². The van der Waals surface area contributed by atoms with Gasteiger partial charge in [-0.25, -0.2) is 14.8 Å². The highest BCUT2D eigenvalue weighted by Gasteiger charge is 2.26. The van der Waals surface area contributed by atoms with Crippen molar-refractivity contribution in [2.45, 2.75) is 44.7 Å². The maximum absolute atomic E-state index is 12.2. The van der Waals surface area contributed by atoms with E-state index in [1.165, 1.54) is 18.4 Å². The molecule has 0 bridgehead atoms. The van der Waals surface area contributed by atoms with Gasteiger partial charge in [0.25, 0.3) is 0 Å². The molecule has 5 aromatic rings. The first-order valence-electron chi connectivity index (χ1n) is 16.9. The Balaban J connectivity index is 0.885. The molecule has 0 spiro atoms. The average Bonchev–Trinajstić information content (AvgIpc) is 3.78. The molecule has 3 amide bonds. The maximum Gasteiger partial charge on any atom is 0.328 e. The molecule has 49 heavy (non-hydrogen) atoms. The molecule has 14 heteroatoms. The van der Waals surface area contributed by atoms with Crippen molar-refractivity contribution in [2.75, 3.05) is 53.2 Å². The van der Waals surface area contributed by atoms with Gasteiger partial charge in [-0.05, 0) is 54.8 Å². The Hall–Kier alpha value is -5.63. The lowest BCUT2D eigenvalue weighted by molar-refractivity contribution is -0.120. The summed E-state index contributed by atoms with van der Waals surface area (Å²) in [6.07, 6.45) is 6.67. The normalized spacial score (nSPS) is 17.5. The van der Waals surface area contributed by atoms with Crippen molar-refractivity contribution in [3.63, 3.8) is 0 Å². The van der Waals surface area contributed by atoms with Gasteiger partial charge in [-0.1, -0.05) is 43.2 Å². The van der Waals surface area contributed by atoms with E-state index in [1.807, 2.05) is 66.7 Å². The smallest absolute Gasteiger partial charge is 0.328 e. The first kappa shape index (κ1) is 30.7. The maximum atomic E-state index is 12.2. The van der Waals surface area contributed by atoms with Crippen molar-refractivity contribution < 1.29 is 9.59 Å². The van der Waals surface area contributed by atoms with E-state index >= 15 is 0 Å². The third-order valence-corrected chi connectivity index (χ3v) is 9.45. The monoisotopic (exact) mass is 658 g/mol. The number of benzene rings is 2. The van der Waals surface area contributed by atoms with Crippen molar-refractivity contribution in [3.8, 4) is 0 Å². The van der Waals surface area contributed by atoms with Gasteiger partial charge in [0.2, 0.25) is 17.8 Å². The molecule has 2 saturated heterocycles. The summed E-state index contributed by atoms with van der Waals surface area (Å²) in [7, 11) is 0. The Morgan fingerprint density at radius 1 is 0.816 bits per heavy atom. The number of aromatic nitrogens is 6. The summed E-state index contributed by atoms with van der Waals surface area (Å²) in [6.45, 7) is 4.68. The minimum atomic E-state index is -0.365. The largest absolute Gasteiger partial charge is 0.353 e. The number of piperazine rings is 1. The van der Waals surface area contributed by atoms with Gasteiger partial charge in [0.05, 0.1) is 6.20 Å². The van der Waals surface area contributed by atoms with Gasteiger partial charge in [-0.2, -0.15) is 4.98 Å². The number of hydrogen-bond acceptors (Lipinski definition) is 11. The molecule has 3 N–H and O–H groups in total. The molecule has 250 valence electrons. The number of imide groups is 1. The van der Waals surface area contributed by atoms with E-state index < -0.39 is 0 Å². The van der Waals surface area contributed by atoms with Gasteiger partial charge in [-0.3, -0.25) is 24.5 Å². The molecule has 1 aliphatic carbocycles. The van der Waals surface area contributed by atoms with Gasteiger partial charge < -0.3 is 15.5 Å². The van der Waals surface area contributed by atoms with Crippen molar-refractivity contribution >= 4 is 58.0 Å². The molecular weight excluding hydrogens is 620 g/mol. The van der Waals surface area contributed by atoms with Gasteiger partial charge >= 0.3 is 6.03 Å². The summed E-state index contributed by atoms with van der Waals surface area (Å²) in [5, 5.41) is 18.1. The van der Waals surface area contributed by atoms with Crippen molar-refractivity contribution in [1.29, 1.82) is 0 Å². The minimum Gasteiger partial charge on any atom is -0.353 e. The number of carbonyl (C=O) groups is 2. The van der Waals surface area contributed by atoms with Gasteiger partial charge in [-0.15, -0.1) is 10.2 Å². The quantitative estimate of drug-likeness (QED) is 0.197. The lowest BCUT2D eigenvalue weighted by Gasteiger charge is -2.35. The molecule has 2 aromatic carbocycles. The topological polar surface area (TPSA) is 149 Å². The number of rotatable bonds is 9. The fourth-order valence-electron chi connectivity index (χ4n) is 6.86. The number of hydrogen-bond donors (Lipinski definition) is 3. The van der Waals surface area contributed by atoms with Crippen LogP contribution in [0.15, 0.2) is 72.9 Å². The van der Waals surface area contributed by atoms with Crippen LogP contribution >= 0.6 is 0 Å². The second kappa shape index (κ2) is 13.5. The second-order valence-corrected chi connectivity index (χ2v) is 12.7. The second-order valence-electron chi connectivity index (χ2n) is 12.7. The molecule has 8 rings (SSSR count). The predicted molar refractivity (Wildman–Crippen MR) is 187 cm³/mol. The van der Waals surface area contributed by atoms with E-state index in [4.69, 9.17) is 9.97 Å². The molecule has 0 atom stereocenters. The Kier molecular flexibility index (Phi) is 8.44. The summed E-state index contributed by atoms with van der Waals surface area (Å²) in [4.78, 5) is 44.2. The van der Waals surface area contributed by atoms with Crippen LogP contribution in [0.1, 0.15) is 43.7 Å². The van der Waals surface area contributed by atoms with Crippen molar-refractivity contribution in [1.82, 2.24) is 39.9 Å². The van der Waals surface area contributed by atoms with Crippen LogP contribution in [0.4, 0.5) is 39.7 Å². The molecular formula is C35H38N12O2. The highest BCUT2D eigenvalue weighted by atomic mass is 16.2. The molecule has 3 aliphatic rings. The number of nitrogens with zero attached hydrogens (tertiary/aromatic N) is 9. The SMILES string of the molecule is O=C1CCN(c2ccc(CN3CCN(c4ccc(Nc5ncc6nc(Nc7ccccc7)n(C7CCCC7)c6n5)nn4)CC3)cc2)C(=O)N1. The molecule has 3 fully saturated rings. The highest BCUT2D eigenvalue weighted by molar-refractivity contribution is 6.05. The summed E-state index contributed by atoms with van der Waals surface area (Å²) < 4.78 is 2.23.